The van der Waals surface area contributed by atoms with Crippen molar-refractivity contribution in [2.24, 2.45) is 0 Å². The summed E-state index contributed by atoms with van der Waals surface area (Å²) in [5, 5.41) is 1.08. The predicted molar refractivity (Wildman–Crippen MR) is 128 cm³/mol. The van der Waals surface area contributed by atoms with Crippen LogP contribution in [-0.4, -0.2) is 23.6 Å². The minimum Gasteiger partial charge on any atom is -0.399 e. The van der Waals surface area contributed by atoms with E-state index in [4.69, 9.17) is 11.5 Å². The van der Waals surface area contributed by atoms with Gasteiger partial charge in [0.15, 0.2) is 0 Å². The Kier molecular flexibility index (Phi) is 3.91. The number of fused-ring (bicyclic) bond motifs is 3. The van der Waals surface area contributed by atoms with Crippen LogP contribution in [0.15, 0.2) is 72.8 Å². The van der Waals surface area contributed by atoms with Crippen molar-refractivity contribution in [2.75, 3.05) is 21.3 Å². The molecule has 34 heavy (non-hydrogen) atoms. The highest BCUT2D eigenvalue weighted by Crippen LogP contribution is 2.39. The minimum absolute atomic E-state index is 0.232. The Morgan fingerprint density at radius 2 is 0.853 bits per heavy atom. The molecule has 0 spiro atoms. The molecule has 0 aromatic heterocycles. The Balaban J connectivity index is 1.51. The Morgan fingerprint density at radius 1 is 0.471 bits per heavy atom. The van der Waals surface area contributed by atoms with E-state index in [2.05, 4.69) is 0 Å². The monoisotopic (exact) mass is 448 g/mol. The summed E-state index contributed by atoms with van der Waals surface area (Å²) in [6.07, 6.45) is 0. The van der Waals surface area contributed by atoms with Crippen LogP contribution >= 0.6 is 0 Å². The number of rotatable bonds is 2. The minimum atomic E-state index is -0.485. The number of carbonyl (C=O) groups is 4. The van der Waals surface area contributed by atoms with Gasteiger partial charge in [0.2, 0.25) is 0 Å². The van der Waals surface area contributed by atoms with Crippen molar-refractivity contribution < 1.29 is 19.2 Å². The smallest absolute Gasteiger partial charge is 0.266 e. The van der Waals surface area contributed by atoms with E-state index in [0.717, 1.165) is 9.80 Å². The molecule has 4 amide bonds. The second-order valence-electron chi connectivity index (χ2n) is 8.15. The van der Waals surface area contributed by atoms with Crippen molar-refractivity contribution in [3.8, 4) is 0 Å². The highest BCUT2D eigenvalue weighted by Gasteiger charge is 2.39. The molecule has 0 bridgehead atoms. The molecule has 0 saturated heterocycles. The lowest BCUT2D eigenvalue weighted by Crippen LogP contribution is -2.30. The summed E-state index contributed by atoms with van der Waals surface area (Å²) in [6, 6.07) is 19.3. The van der Waals surface area contributed by atoms with Crippen LogP contribution in [0.2, 0.25) is 0 Å². The molecule has 164 valence electrons. The molecule has 8 heteroatoms. The maximum Gasteiger partial charge on any atom is 0.266 e. The van der Waals surface area contributed by atoms with Crippen LogP contribution in [0.3, 0.4) is 0 Å². The van der Waals surface area contributed by atoms with Crippen molar-refractivity contribution in [1.29, 1.82) is 0 Å². The van der Waals surface area contributed by atoms with E-state index in [1.165, 1.54) is 24.3 Å². The van der Waals surface area contributed by atoms with Gasteiger partial charge in [-0.15, -0.1) is 0 Å². The van der Waals surface area contributed by atoms with Crippen molar-refractivity contribution in [3.63, 3.8) is 0 Å². The summed E-state index contributed by atoms with van der Waals surface area (Å²) in [7, 11) is 0. The molecule has 0 saturated carbocycles. The topological polar surface area (TPSA) is 127 Å². The van der Waals surface area contributed by atoms with E-state index >= 15 is 0 Å². The number of carbonyl (C=O) groups excluding carboxylic acids is 4. The van der Waals surface area contributed by atoms with Crippen molar-refractivity contribution in [2.45, 2.75) is 0 Å². The molecule has 0 aliphatic carbocycles. The summed E-state index contributed by atoms with van der Waals surface area (Å²) in [4.78, 5) is 54.7. The lowest BCUT2D eigenvalue weighted by molar-refractivity contribution is 0.0910. The maximum atomic E-state index is 13.1. The molecular weight excluding hydrogens is 432 g/mol. The number of nitrogens with zero attached hydrogens (tertiary/aromatic N) is 2. The van der Waals surface area contributed by atoms with E-state index in [1.807, 2.05) is 0 Å². The van der Waals surface area contributed by atoms with Crippen LogP contribution < -0.4 is 21.3 Å². The molecule has 2 heterocycles. The van der Waals surface area contributed by atoms with Crippen LogP contribution in [0.25, 0.3) is 10.8 Å². The molecule has 4 aromatic rings. The third-order valence-electron chi connectivity index (χ3n) is 6.18. The highest BCUT2D eigenvalue weighted by atomic mass is 16.2. The number of nitrogen functional groups attached to an aromatic ring is 2. The number of nitrogens with two attached hydrogens (primary N) is 2. The molecule has 0 unspecified atom stereocenters. The predicted octanol–water partition coefficient (Wildman–Crippen LogP) is 3.61. The summed E-state index contributed by atoms with van der Waals surface area (Å²) in [5.74, 6) is -1.90. The van der Waals surface area contributed by atoms with Crippen LogP contribution in [0.1, 0.15) is 41.4 Å². The third-order valence-corrected chi connectivity index (χ3v) is 6.18. The van der Waals surface area contributed by atoms with E-state index in [-0.39, 0.29) is 22.3 Å². The Bertz CT molecular complexity index is 1500. The summed E-state index contributed by atoms with van der Waals surface area (Å²) >= 11 is 0. The van der Waals surface area contributed by atoms with Gasteiger partial charge < -0.3 is 11.5 Å². The van der Waals surface area contributed by atoms with Crippen LogP contribution in [0.5, 0.6) is 0 Å². The molecule has 4 aromatic carbocycles. The number of hydrogen-bond acceptors (Lipinski definition) is 6. The molecule has 0 radical (unpaired) electrons. The Hall–Kier alpha value is -4.98. The Labute approximate surface area is 193 Å². The largest absolute Gasteiger partial charge is 0.399 e. The quantitative estimate of drug-likeness (QED) is 0.356. The van der Waals surface area contributed by atoms with Crippen molar-refractivity contribution in [1.82, 2.24) is 0 Å². The normalized spacial score (nSPS) is 14.8. The lowest BCUT2D eigenvalue weighted by atomic mass is 10.0. The molecule has 6 rings (SSSR count). The highest BCUT2D eigenvalue weighted by molar-refractivity contribution is 6.38. The fourth-order valence-corrected chi connectivity index (χ4v) is 4.62. The summed E-state index contributed by atoms with van der Waals surface area (Å²) in [5.41, 5.74) is 14.1. The fraction of sp³-hybridized carbons (Fsp3) is 0. The van der Waals surface area contributed by atoms with Crippen LogP contribution in [0.4, 0.5) is 22.7 Å². The van der Waals surface area contributed by atoms with Crippen molar-refractivity contribution >= 4 is 57.2 Å². The first kappa shape index (κ1) is 19.7. The second kappa shape index (κ2) is 6.76. The zero-order chi connectivity index (χ0) is 23.7. The average molecular weight is 448 g/mol. The molecule has 0 fully saturated rings. The first-order valence-corrected chi connectivity index (χ1v) is 10.4. The molecule has 2 aliphatic rings. The molecule has 4 N–H and O–H groups in total. The van der Waals surface area contributed by atoms with E-state index in [0.29, 0.717) is 33.5 Å². The van der Waals surface area contributed by atoms with Gasteiger partial charge in [0.25, 0.3) is 23.6 Å². The lowest BCUT2D eigenvalue weighted by Gasteiger charge is -2.20. The zero-order valence-corrected chi connectivity index (χ0v) is 17.6. The number of hydrogen-bond donors (Lipinski definition) is 2. The van der Waals surface area contributed by atoms with Gasteiger partial charge in [0.1, 0.15) is 0 Å². The van der Waals surface area contributed by atoms with Crippen LogP contribution in [-0.2, 0) is 0 Å². The van der Waals surface area contributed by atoms with E-state index < -0.39 is 23.6 Å². The van der Waals surface area contributed by atoms with Crippen LogP contribution in [0, 0.1) is 0 Å². The number of anilines is 4. The van der Waals surface area contributed by atoms with Gasteiger partial charge in [-0.05, 0) is 48.5 Å². The average Bonchev–Trinajstić information content (AvgIpc) is 3.22. The summed E-state index contributed by atoms with van der Waals surface area (Å²) < 4.78 is 0. The second-order valence-corrected chi connectivity index (χ2v) is 8.15. The Morgan fingerprint density at radius 3 is 1.26 bits per heavy atom. The van der Waals surface area contributed by atoms with E-state index in [9.17, 15) is 19.2 Å². The van der Waals surface area contributed by atoms with Gasteiger partial charge in [-0.3, -0.25) is 19.2 Å². The zero-order valence-electron chi connectivity index (χ0n) is 17.6. The molecule has 0 atom stereocenters. The first-order valence-electron chi connectivity index (χ1n) is 10.4. The van der Waals surface area contributed by atoms with Gasteiger partial charge >= 0.3 is 0 Å². The number of imide groups is 2. The molecular formula is C26H16N4O4. The van der Waals surface area contributed by atoms with Gasteiger partial charge in [0, 0.05) is 22.1 Å². The van der Waals surface area contributed by atoms with Gasteiger partial charge in [0.05, 0.1) is 33.6 Å². The SMILES string of the molecule is Nc1ccc2c(c1)C(=O)N(c1cccc3c(N4C(=O)c5ccc(N)cc5C4=O)cccc13)C2=O. The number of amides is 4. The summed E-state index contributed by atoms with van der Waals surface area (Å²) in [6.45, 7) is 0. The maximum absolute atomic E-state index is 13.1. The first-order chi connectivity index (χ1) is 16.4. The van der Waals surface area contributed by atoms with E-state index in [1.54, 1.807) is 48.5 Å². The molecule has 2 aliphatic heterocycles. The van der Waals surface area contributed by atoms with Gasteiger partial charge in [-0.2, -0.15) is 0 Å². The molecule has 8 nitrogen and oxygen atoms in total. The van der Waals surface area contributed by atoms with Gasteiger partial charge in [-0.25, -0.2) is 9.80 Å². The fourth-order valence-electron chi connectivity index (χ4n) is 4.62. The number of benzene rings is 4. The van der Waals surface area contributed by atoms with Crippen molar-refractivity contribution in [3.05, 3.63) is 95.1 Å². The van der Waals surface area contributed by atoms with Gasteiger partial charge in [-0.1, -0.05) is 24.3 Å². The third kappa shape index (κ3) is 2.53. The standard InChI is InChI=1S/C26H16N4O4/c27-13-7-9-17-19(11-13)25(33)29(23(17)31)21-5-1-3-15-16(21)4-2-6-22(15)30-24(32)18-10-8-14(28)12-20(18)26(30)34/h1-12H,27-28H2.